The fraction of sp³-hybridized carbons (Fsp3) is 0.444. The first kappa shape index (κ1) is 14.3. The first-order chi connectivity index (χ1) is 11.2. The molecule has 0 aromatic heterocycles. The van der Waals surface area contributed by atoms with Gasteiger partial charge >= 0.3 is 0 Å². The van der Waals surface area contributed by atoms with E-state index >= 15 is 0 Å². The van der Waals surface area contributed by atoms with Crippen LogP contribution < -0.4 is 0 Å². The van der Waals surface area contributed by atoms with Crippen LogP contribution in [0.5, 0.6) is 0 Å². The van der Waals surface area contributed by atoms with Gasteiger partial charge in [-0.3, -0.25) is 9.59 Å². The van der Waals surface area contributed by atoms with Crippen molar-refractivity contribution in [3.63, 3.8) is 0 Å². The molecule has 23 heavy (non-hydrogen) atoms. The highest BCUT2D eigenvalue weighted by atomic mass is 16.5. The Morgan fingerprint density at radius 1 is 1.17 bits per heavy atom. The lowest BCUT2D eigenvalue weighted by Crippen LogP contribution is -2.47. The molecule has 0 radical (unpaired) electrons. The number of ketones is 1. The maximum Gasteiger partial charge on any atom is 0.293 e. The van der Waals surface area contributed by atoms with Crippen LogP contribution in [0.15, 0.2) is 47.8 Å². The molecule has 4 rings (SSSR count). The summed E-state index contributed by atoms with van der Waals surface area (Å²) < 4.78 is 11.2. The molecule has 0 aromatic carbocycles. The SMILES string of the molecule is O=C1CC2CCC(C1)N2C(=O)C1=COC=C(C2=CC=CCC2)O1. The van der Waals surface area contributed by atoms with Crippen molar-refractivity contribution in [2.24, 2.45) is 0 Å². The van der Waals surface area contributed by atoms with Crippen LogP contribution in [0.1, 0.15) is 38.5 Å². The lowest BCUT2D eigenvalue weighted by Gasteiger charge is -2.34. The number of amides is 1. The third-order valence-corrected chi connectivity index (χ3v) is 4.89. The number of fused-ring (bicyclic) bond motifs is 2. The number of carbonyl (C=O) groups is 2. The van der Waals surface area contributed by atoms with Gasteiger partial charge in [-0.05, 0) is 31.3 Å². The van der Waals surface area contributed by atoms with Gasteiger partial charge in [0.15, 0.2) is 5.76 Å². The van der Waals surface area contributed by atoms with E-state index in [9.17, 15) is 9.59 Å². The molecule has 4 aliphatic rings. The molecule has 5 nitrogen and oxygen atoms in total. The number of piperidine rings is 1. The molecule has 0 aromatic rings. The van der Waals surface area contributed by atoms with E-state index in [-0.39, 0.29) is 29.5 Å². The lowest BCUT2D eigenvalue weighted by molar-refractivity contribution is -0.138. The Kier molecular flexibility index (Phi) is 3.56. The minimum atomic E-state index is -0.164. The van der Waals surface area contributed by atoms with Crippen LogP contribution in [0.25, 0.3) is 0 Å². The molecule has 2 saturated heterocycles. The summed E-state index contributed by atoms with van der Waals surface area (Å²) in [4.78, 5) is 26.4. The molecule has 2 fully saturated rings. The zero-order valence-electron chi connectivity index (χ0n) is 12.9. The maximum atomic E-state index is 12.8. The van der Waals surface area contributed by atoms with Crippen molar-refractivity contribution in [2.75, 3.05) is 0 Å². The summed E-state index contributed by atoms with van der Waals surface area (Å²) in [5.41, 5.74) is 1.03. The number of hydrogen-bond acceptors (Lipinski definition) is 4. The van der Waals surface area contributed by atoms with E-state index < -0.39 is 0 Å². The van der Waals surface area contributed by atoms with Gasteiger partial charge in [0.25, 0.3) is 5.91 Å². The molecule has 2 unspecified atom stereocenters. The number of Topliss-reactive ketones (excluding diaryl/α,β-unsaturated/α-hetero) is 1. The standard InChI is InChI=1S/C18H19NO4/c20-15-8-13-6-7-14(9-15)19(13)18(21)17-11-22-10-16(23-17)12-4-2-1-3-5-12/h1-2,4,10-11,13-14H,3,5-9H2. The van der Waals surface area contributed by atoms with Crippen LogP contribution in [-0.2, 0) is 19.1 Å². The predicted molar refractivity (Wildman–Crippen MR) is 82.7 cm³/mol. The third-order valence-electron chi connectivity index (χ3n) is 4.89. The van der Waals surface area contributed by atoms with Crippen molar-refractivity contribution in [2.45, 2.75) is 50.6 Å². The van der Waals surface area contributed by atoms with Gasteiger partial charge in [-0.15, -0.1) is 0 Å². The quantitative estimate of drug-likeness (QED) is 0.786. The molecule has 0 saturated carbocycles. The number of nitrogens with zero attached hydrogens (tertiary/aromatic N) is 1. The van der Waals surface area contributed by atoms with Crippen molar-refractivity contribution in [3.8, 4) is 0 Å². The molecule has 120 valence electrons. The molecule has 1 amide bonds. The first-order valence-electron chi connectivity index (χ1n) is 8.16. The Bertz CT molecular complexity index is 655. The zero-order chi connectivity index (χ0) is 15.8. The van der Waals surface area contributed by atoms with Gasteiger partial charge in [-0.2, -0.15) is 0 Å². The van der Waals surface area contributed by atoms with Gasteiger partial charge < -0.3 is 14.4 Å². The Morgan fingerprint density at radius 3 is 2.65 bits per heavy atom. The largest absolute Gasteiger partial charge is 0.465 e. The Labute approximate surface area is 134 Å². The minimum Gasteiger partial charge on any atom is -0.465 e. The van der Waals surface area contributed by atoms with Gasteiger partial charge in [0, 0.05) is 24.9 Å². The second-order valence-corrected chi connectivity index (χ2v) is 6.41. The number of carbonyl (C=O) groups excluding carboxylic acids is 2. The summed E-state index contributed by atoms with van der Waals surface area (Å²) in [5.74, 6) is 0.906. The normalized spacial score (nSPS) is 29.3. The van der Waals surface area contributed by atoms with Crippen LogP contribution in [-0.4, -0.2) is 28.7 Å². The van der Waals surface area contributed by atoms with E-state index in [1.54, 1.807) is 0 Å². The molecule has 3 heterocycles. The zero-order valence-corrected chi connectivity index (χ0v) is 12.9. The Hall–Kier alpha value is -2.30. The highest BCUT2D eigenvalue weighted by molar-refractivity contribution is 5.94. The summed E-state index contributed by atoms with van der Waals surface area (Å²) >= 11 is 0. The Balaban J connectivity index is 1.49. The van der Waals surface area contributed by atoms with Crippen molar-refractivity contribution in [3.05, 3.63) is 47.8 Å². The molecule has 5 heteroatoms. The lowest BCUT2D eigenvalue weighted by atomic mass is 10.0. The van der Waals surface area contributed by atoms with Crippen LogP contribution in [0.3, 0.4) is 0 Å². The topological polar surface area (TPSA) is 55.8 Å². The highest BCUT2D eigenvalue weighted by Gasteiger charge is 2.44. The molecule has 3 aliphatic heterocycles. The number of ether oxygens (including phenoxy) is 2. The molecule has 2 atom stereocenters. The van der Waals surface area contributed by atoms with Gasteiger partial charge in [-0.25, -0.2) is 0 Å². The van der Waals surface area contributed by atoms with Gasteiger partial charge in [0.05, 0.1) is 0 Å². The number of hydrogen-bond donors (Lipinski definition) is 0. The van der Waals surface area contributed by atoms with E-state index in [1.165, 1.54) is 12.5 Å². The highest BCUT2D eigenvalue weighted by Crippen LogP contribution is 2.36. The second kappa shape index (κ2) is 5.72. The average Bonchev–Trinajstić information content (AvgIpc) is 2.86. The smallest absolute Gasteiger partial charge is 0.293 e. The minimum absolute atomic E-state index is 0.0180. The molecular weight excluding hydrogens is 294 g/mol. The van der Waals surface area contributed by atoms with Crippen molar-refractivity contribution >= 4 is 11.7 Å². The second-order valence-electron chi connectivity index (χ2n) is 6.41. The molecule has 0 N–H and O–H groups in total. The van der Waals surface area contributed by atoms with Crippen LogP contribution in [0, 0.1) is 0 Å². The Morgan fingerprint density at radius 2 is 1.96 bits per heavy atom. The average molecular weight is 313 g/mol. The van der Waals surface area contributed by atoms with Gasteiger partial charge in [0.2, 0.25) is 5.76 Å². The third kappa shape index (κ3) is 2.60. The fourth-order valence-electron chi connectivity index (χ4n) is 3.80. The van der Waals surface area contributed by atoms with E-state index in [0.717, 1.165) is 31.3 Å². The summed E-state index contributed by atoms with van der Waals surface area (Å²) in [6.45, 7) is 0. The van der Waals surface area contributed by atoms with Crippen LogP contribution in [0.4, 0.5) is 0 Å². The molecular formula is C18H19NO4. The summed E-state index contributed by atoms with van der Waals surface area (Å²) in [6.07, 6.45) is 13.5. The van der Waals surface area contributed by atoms with E-state index in [4.69, 9.17) is 9.47 Å². The van der Waals surface area contributed by atoms with Crippen molar-refractivity contribution in [1.82, 2.24) is 4.90 Å². The van der Waals surface area contributed by atoms with E-state index in [0.29, 0.717) is 18.6 Å². The number of rotatable bonds is 2. The first-order valence-corrected chi connectivity index (χ1v) is 8.16. The molecule has 0 spiro atoms. The van der Waals surface area contributed by atoms with Crippen molar-refractivity contribution < 1.29 is 19.1 Å². The van der Waals surface area contributed by atoms with Crippen LogP contribution in [0.2, 0.25) is 0 Å². The maximum absolute atomic E-state index is 12.8. The van der Waals surface area contributed by atoms with Gasteiger partial charge in [0.1, 0.15) is 18.3 Å². The molecule has 2 bridgehead atoms. The molecule has 1 aliphatic carbocycles. The summed E-state index contributed by atoms with van der Waals surface area (Å²) in [5, 5.41) is 0. The predicted octanol–water partition coefficient (Wildman–Crippen LogP) is 2.71. The monoisotopic (exact) mass is 313 g/mol. The van der Waals surface area contributed by atoms with Crippen LogP contribution >= 0.6 is 0 Å². The van der Waals surface area contributed by atoms with E-state index in [1.807, 2.05) is 17.1 Å². The van der Waals surface area contributed by atoms with E-state index in [2.05, 4.69) is 6.08 Å². The fourth-order valence-corrected chi connectivity index (χ4v) is 3.80. The van der Waals surface area contributed by atoms with Gasteiger partial charge in [-0.1, -0.05) is 18.2 Å². The summed E-state index contributed by atoms with van der Waals surface area (Å²) in [6, 6.07) is 0.0360. The summed E-state index contributed by atoms with van der Waals surface area (Å²) in [7, 11) is 0. The number of allylic oxidation sites excluding steroid dienone is 4. The van der Waals surface area contributed by atoms with Crippen molar-refractivity contribution in [1.29, 1.82) is 0 Å².